The lowest BCUT2D eigenvalue weighted by Crippen LogP contribution is -2.31. The van der Waals surface area contributed by atoms with Gasteiger partial charge in [0.1, 0.15) is 0 Å². The maximum Gasteiger partial charge on any atom is 0.390 e. The average molecular weight is 199 g/mol. The van der Waals surface area contributed by atoms with Gasteiger partial charge in [0.15, 0.2) is 0 Å². The zero-order chi connectivity index (χ0) is 10.3. The van der Waals surface area contributed by atoms with Crippen LogP contribution in [0.5, 0.6) is 0 Å². The predicted molar refractivity (Wildman–Crippen MR) is 44.5 cm³/mol. The molecule has 5 heteroatoms. The van der Waals surface area contributed by atoms with E-state index in [-0.39, 0.29) is 6.61 Å². The van der Waals surface area contributed by atoms with Gasteiger partial charge in [-0.2, -0.15) is 13.2 Å². The van der Waals surface area contributed by atoms with Gasteiger partial charge in [0.25, 0.3) is 0 Å². The fourth-order valence-electron chi connectivity index (χ4n) is 1.00. The summed E-state index contributed by atoms with van der Waals surface area (Å²) in [5.74, 6) is 0. The molecule has 0 aromatic carbocycles. The molecule has 0 heterocycles. The molecule has 0 saturated carbocycles. The molecule has 0 fully saturated rings. The van der Waals surface area contributed by atoms with Crippen molar-refractivity contribution in [1.29, 1.82) is 0 Å². The van der Waals surface area contributed by atoms with Crippen LogP contribution < -0.4 is 5.32 Å². The molecule has 0 spiro atoms. The van der Waals surface area contributed by atoms with E-state index in [2.05, 4.69) is 5.32 Å². The summed E-state index contributed by atoms with van der Waals surface area (Å²) in [6.07, 6.45) is -3.56. The summed E-state index contributed by atoms with van der Waals surface area (Å²) in [4.78, 5) is 0. The second kappa shape index (κ2) is 6.21. The van der Waals surface area contributed by atoms with E-state index in [9.17, 15) is 13.2 Å². The Balaban J connectivity index is 3.35. The van der Waals surface area contributed by atoms with Crippen LogP contribution in [0.15, 0.2) is 0 Å². The molecule has 1 atom stereocenters. The quantitative estimate of drug-likeness (QED) is 0.638. The van der Waals surface area contributed by atoms with Gasteiger partial charge in [0, 0.05) is 12.6 Å². The summed E-state index contributed by atoms with van der Waals surface area (Å²) < 4.78 is 35.4. The molecule has 0 saturated heterocycles. The molecule has 0 aliphatic heterocycles. The van der Waals surface area contributed by atoms with E-state index < -0.39 is 18.6 Å². The predicted octanol–water partition coefficient (Wildman–Crippen LogP) is 1.69. The Morgan fingerprint density at radius 2 is 1.92 bits per heavy atom. The fraction of sp³-hybridized carbons (Fsp3) is 1.00. The second-order valence-corrected chi connectivity index (χ2v) is 3.11. The van der Waals surface area contributed by atoms with E-state index in [4.69, 9.17) is 5.11 Å². The summed E-state index contributed by atoms with van der Waals surface area (Å²) in [6, 6.07) is -0.543. The SMILES string of the molecule is CC(CC(F)(F)F)NCCCCO. The van der Waals surface area contributed by atoms with Crippen molar-refractivity contribution in [3.63, 3.8) is 0 Å². The lowest BCUT2D eigenvalue weighted by molar-refractivity contribution is -0.139. The summed E-state index contributed by atoms with van der Waals surface area (Å²) in [5, 5.41) is 11.2. The molecule has 13 heavy (non-hydrogen) atoms. The minimum Gasteiger partial charge on any atom is -0.396 e. The van der Waals surface area contributed by atoms with E-state index >= 15 is 0 Å². The number of aliphatic hydroxyl groups excluding tert-OH is 1. The molecule has 0 amide bonds. The van der Waals surface area contributed by atoms with Gasteiger partial charge in [-0.25, -0.2) is 0 Å². The fourth-order valence-corrected chi connectivity index (χ4v) is 1.00. The monoisotopic (exact) mass is 199 g/mol. The number of halogens is 3. The summed E-state index contributed by atoms with van der Waals surface area (Å²) >= 11 is 0. The van der Waals surface area contributed by atoms with Crippen LogP contribution in [0.4, 0.5) is 13.2 Å². The Kier molecular flexibility index (Phi) is 6.07. The lowest BCUT2D eigenvalue weighted by Gasteiger charge is -2.15. The van der Waals surface area contributed by atoms with Gasteiger partial charge in [0.2, 0.25) is 0 Å². The number of rotatable bonds is 6. The van der Waals surface area contributed by atoms with Crippen LogP contribution in [-0.4, -0.2) is 30.5 Å². The molecule has 0 radical (unpaired) electrons. The first kappa shape index (κ1) is 12.7. The van der Waals surface area contributed by atoms with Crippen molar-refractivity contribution in [1.82, 2.24) is 5.32 Å². The van der Waals surface area contributed by atoms with Gasteiger partial charge in [-0.3, -0.25) is 0 Å². The molecule has 0 aliphatic carbocycles. The molecular weight excluding hydrogens is 183 g/mol. The zero-order valence-electron chi connectivity index (χ0n) is 7.69. The first-order valence-electron chi connectivity index (χ1n) is 4.36. The van der Waals surface area contributed by atoms with Gasteiger partial charge in [-0.15, -0.1) is 0 Å². The Morgan fingerprint density at radius 1 is 1.31 bits per heavy atom. The number of unbranched alkanes of at least 4 members (excludes halogenated alkanes) is 1. The second-order valence-electron chi connectivity index (χ2n) is 3.11. The van der Waals surface area contributed by atoms with Crippen molar-refractivity contribution in [3.8, 4) is 0 Å². The maximum atomic E-state index is 11.8. The van der Waals surface area contributed by atoms with Gasteiger partial charge >= 0.3 is 6.18 Å². The minimum atomic E-state index is -4.09. The molecule has 0 rings (SSSR count). The summed E-state index contributed by atoms with van der Waals surface area (Å²) in [6.45, 7) is 2.12. The smallest absolute Gasteiger partial charge is 0.390 e. The van der Waals surface area contributed by atoms with Crippen molar-refractivity contribution >= 4 is 0 Å². The zero-order valence-corrected chi connectivity index (χ0v) is 7.69. The average Bonchev–Trinajstić information content (AvgIpc) is 1.94. The number of nitrogens with one attached hydrogen (secondary N) is 1. The normalized spacial score (nSPS) is 14.5. The number of alkyl halides is 3. The van der Waals surface area contributed by atoms with Gasteiger partial charge in [0.05, 0.1) is 6.42 Å². The van der Waals surface area contributed by atoms with Crippen molar-refractivity contribution in [2.24, 2.45) is 0 Å². The molecule has 80 valence electrons. The maximum absolute atomic E-state index is 11.8. The topological polar surface area (TPSA) is 32.3 Å². The minimum absolute atomic E-state index is 0.0926. The standard InChI is InChI=1S/C8H16F3NO/c1-7(6-8(9,10)11)12-4-2-3-5-13/h7,12-13H,2-6H2,1H3. The van der Waals surface area contributed by atoms with Crippen molar-refractivity contribution < 1.29 is 18.3 Å². The number of hydrogen-bond acceptors (Lipinski definition) is 2. The third-order valence-corrected chi connectivity index (χ3v) is 1.62. The third kappa shape index (κ3) is 9.63. The summed E-state index contributed by atoms with van der Waals surface area (Å²) in [7, 11) is 0. The molecule has 2 N–H and O–H groups in total. The first-order chi connectivity index (χ1) is 5.95. The van der Waals surface area contributed by atoms with Crippen LogP contribution in [0.1, 0.15) is 26.2 Å². The molecule has 0 aromatic rings. The van der Waals surface area contributed by atoms with Crippen LogP contribution in [0.3, 0.4) is 0 Å². The van der Waals surface area contributed by atoms with Crippen LogP contribution in [0, 0.1) is 0 Å². The highest BCUT2D eigenvalue weighted by atomic mass is 19.4. The van der Waals surface area contributed by atoms with Gasteiger partial charge in [-0.1, -0.05) is 0 Å². The Hall–Kier alpha value is -0.290. The van der Waals surface area contributed by atoms with Gasteiger partial charge < -0.3 is 10.4 Å². The van der Waals surface area contributed by atoms with Crippen LogP contribution in [-0.2, 0) is 0 Å². The molecule has 0 aromatic heterocycles. The Labute approximate surface area is 76.1 Å². The van der Waals surface area contributed by atoms with E-state index in [0.717, 1.165) is 0 Å². The van der Waals surface area contributed by atoms with E-state index in [1.54, 1.807) is 0 Å². The van der Waals surface area contributed by atoms with Crippen LogP contribution in [0.2, 0.25) is 0 Å². The van der Waals surface area contributed by atoms with E-state index in [1.165, 1.54) is 6.92 Å². The van der Waals surface area contributed by atoms with E-state index in [0.29, 0.717) is 19.4 Å². The highest BCUT2D eigenvalue weighted by Crippen LogP contribution is 2.21. The largest absolute Gasteiger partial charge is 0.396 e. The number of hydrogen-bond donors (Lipinski definition) is 2. The Morgan fingerprint density at radius 3 is 2.38 bits per heavy atom. The van der Waals surface area contributed by atoms with Gasteiger partial charge in [-0.05, 0) is 26.3 Å². The lowest BCUT2D eigenvalue weighted by atomic mass is 10.2. The molecule has 0 bridgehead atoms. The molecular formula is C8H16F3NO. The molecule has 1 unspecified atom stereocenters. The Bertz CT molecular complexity index is 127. The molecule has 0 aliphatic rings. The summed E-state index contributed by atoms with van der Waals surface area (Å²) in [5.41, 5.74) is 0. The molecule has 2 nitrogen and oxygen atoms in total. The van der Waals surface area contributed by atoms with Crippen LogP contribution >= 0.6 is 0 Å². The van der Waals surface area contributed by atoms with Crippen molar-refractivity contribution in [2.75, 3.05) is 13.2 Å². The highest BCUT2D eigenvalue weighted by molar-refractivity contribution is 4.65. The number of aliphatic hydroxyl groups is 1. The third-order valence-electron chi connectivity index (χ3n) is 1.62. The van der Waals surface area contributed by atoms with E-state index in [1.807, 2.05) is 0 Å². The first-order valence-corrected chi connectivity index (χ1v) is 4.36. The highest BCUT2D eigenvalue weighted by Gasteiger charge is 2.29. The van der Waals surface area contributed by atoms with Crippen molar-refractivity contribution in [3.05, 3.63) is 0 Å². The van der Waals surface area contributed by atoms with Crippen LogP contribution in [0.25, 0.3) is 0 Å². The van der Waals surface area contributed by atoms with Crippen molar-refractivity contribution in [2.45, 2.75) is 38.4 Å².